The minimum absolute atomic E-state index is 0.0738. The first-order valence-corrected chi connectivity index (χ1v) is 8.08. The van der Waals surface area contributed by atoms with Crippen LogP contribution in [-0.2, 0) is 19.6 Å². The van der Waals surface area contributed by atoms with Crippen molar-refractivity contribution in [3.8, 4) is 0 Å². The number of halogens is 1. The molecule has 1 heterocycles. The van der Waals surface area contributed by atoms with Crippen molar-refractivity contribution in [3.05, 3.63) is 23.4 Å². The lowest BCUT2D eigenvalue weighted by molar-refractivity contribution is -0.145. The molecule has 0 spiro atoms. The van der Waals surface area contributed by atoms with Crippen molar-refractivity contribution in [1.29, 1.82) is 0 Å². The van der Waals surface area contributed by atoms with Gasteiger partial charge in [0.15, 0.2) is 5.82 Å². The summed E-state index contributed by atoms with van der Waals surface area (Å²) in [5.74, 6) is -1.06. The number of rotatable bonds is 4. The van der Waals surface area contributed by atoms with Crippen molar-refractivity contribution < 1.29 is 17.9 Å². The maximum Gasteiger partial charge on any atom is 0.310 e. The van der Waals surface area contributed by atoms with Crippen LogP contribution in [0.1, 0.15) is 19.3 Å². The Morgan fingerprint density at radius 1 is 1.50 bits per heavy atom. The van der Waals surface area contributed by atoms with E-state index < -0.39 is 27.2 Å². The van der Waals surface area contributed by atoms with Crippen LogP contribution < -0.4 is 4.72 Å². The smallest absolute Gasteiger partial charge is 0.310 e. The molecule has 1 N–H and O–H groups in total. The number of nitrogens with zero attached hydrogens (tertiary/aromatic N) is 1. The Morgan fingerprint density at radius 3 is 2.90 bits per heavy atom. The van der Waals surface area contributed by atoms with Gasteiger partial charge in [-0.25, -0.2) is 13.4 Å². The fourth-order valence-electron chi connectivity index (χ4n) is 2.39. The molecule has 1 saturated carbocycles. The Hall–Kier alpha value is -1.34. The van der Waals surface area contributed by atoms with Crippen LogP contribution in [0.25, 0.3) is 0 Å². The SMILES string of the molecule is COC(=O)C1CCCC1S(=O)(=O)Nc1ncccc1Cl. The number of carbonyl (C=O) groups is 1. The Bertz CT molecular complexity index is 605. The number of anilines is 1. The molecule has 20 heavy (non-hydrogen) atoms. The van der Waals surface area contributed by atoms with Gasteiger partial charge in [0.05, 0.1) is 23.3 Å². The van der Waals surface area contributed by atoms with Gasteiger partial charge in [-0.05, 0) is 25.0 Å². The molecule has 1 aromatic heterocycles. The second-order valence-electron chi connectivity index (χ2n) is 4.58. The second kappa shape index (κ2) is 5.97. The highest BCUT2D eigenvalue weighted by atomic mass is 35.5. The molecule has 8 heteroatoms. The minimum Gasteiger partial charge on any atom is -0.469 e. The van der Waals surface area contributed by atoms with E-state index in [1.807, 2.05) is 0 Å². The molecular formula is C12H15ClN2O4S. The fourth-order valence-corrected chi connectivity index (χ4v) is 4.35. The summed E-state index contributed by atoms with van der Waals surface area (Å²) in [5, 5.41) is -0.600. The molecular weight excluding hydrogens is 304 g/mol. The zero-order valence-corrected chi connectivity index (χ0v) is 12.4. The summed E-state index contributed by atoms with van der Waals surface area (Å²) < 4.78 is 31.8. The van der Waals surface area contributed by atoms with Gasteiger partial charge in [-0.15, -0.1) is 0 Å². The molecule has 2 atom stereocenters. The summed E-state index contributed by atoms with van der Waals surface area (Å²) in [6, 6.07) is 3.14. The normalized spacial score (nSPS) is 22.5. The summed E-state index contributed by atoms with van der Waals surface area (Å²) in [6.07, 6.45) is 3.03. The highest BCUT2D eigenvalue weighted by molar-refractivity contribution is 7.93. The van der Waals surface area contributed by atoms with Crippen molar-refractivity contribution in [3.63, 3.8) is 0 Å². The maximum atomic E-state index is 12.4. The number of carbonyl (C=O) groups excluding carboxylic acids is 1. The van der Waals surface area contributed by atoms with Gasteiger partial charge in [-0.3, -0.25) is 9.52 Å². The number of ether oxygens (including phenoxy) is 1. The third kappa shape index (κ3) is 3.04. The molecule has 6 nitrogen and oxygen atoms in total. The zero-order valence-electron chi connectivity index (χ0n) is 10.9. The van der Waals surface area contributed by atoms with Crippen molar-refractivity contribution >= 4 is 33.4 Å². The predicted molar refractivity (Wildman–Crippen MR) is 74.9 cm³/mol. The number of methoxy groups -OCH3 is 1. The quantitative estimate of drug-likeness (QED) is 0.856. The second-order valence-corrected chi connectivity index (χ2v) is 6.89. The van der Waals surface area contributed by atoms with Gasteiger partial charge in [0, 0.05) is 6.20 Å². The molecule has 0 saturated heterocycles. The molecule has 1 aliphatic carbocycles. The monoisotopic (exact) mass is 318 g/mol. The van der Waals surface area contributed by atoms with Crippen LogP contribution in [0.4, 0.5) is 5.82 Å². The van der Waals surface area contributed by atoms with Gasteiger partial charge in [-0.1, -0.05) is 18.0 Å². The third-order valence-corrected chi connectivity index (χ3v) is 5.50. The molecule has 110 valence electrons. The van der Waals surface area contributed by atoms with Crippen LogP contribution in [-0.4, -0.2) is 31.7 Å². The number of pyridine rings is 1. The van der Waals surface area contributed by atoms with E-state index in [9.17, 15) is 13.2 Å². The summed E-state index contributed by atoms with van der Waals surface area (Å²) in [4.78, 5) is 15.5. The number of esters is 1. The Labute approximate surface area is 122 Å². The highest BCUT2D eigenvalue weighted by Crippen LogP contribution is 2.33. The molecule has 0 aliphatic heterocycles. The molecule has 2 unspecified atom stereocenters. The molecule has 1 aromatic rings. The lowest BCUT2D eigenvalue weighted by Gasteiger charge is -2.19. The van der Waals surface area contributed by atoms with Gasteiger partial charge in [0.1, 0.15) is 0 Å². The molecule has 0 radical (unpaired) electrons. The van der Waals surface area contributed by atoms with Crippen LogP contribution in [0.5, 0.6) is 0 Å². The molecule has 0 bridgehead atoms. The lowest BCUT2D eigenvalue weighted by atomic mass is 10.1. The average molecular weight is 319 g/mol. The summed E-state index contributed by atoms with van der Waals surface area (Å²) in [6.45, 7) is 0. The Morgan fingerprint density at radius 2 is 2.25 bits per heavy atom. The van der Waals surface area contributed by atoms with Gasteiger partial charge in [0.25, 0.3) is 0 Å². The van der Waals surface area contributed by atoms with Gasteiger partial charge < -0.3 is 4.74 Å². The zero-order chi connectivity index (χ0) is 14.8. The first kappa shape index (κ1) is 15.1. The first-order chi connectivity index (χ1) is 9.45. The largest absolute Gasteiger partial charge is 0.469 e. The number of sulfonamides is 1. The topological polar surface area (TPSA) is 85.4 Å². The van der Waals surface area contributed by atoms with Crippen LogP contribution in [0.2, 0.25) is 5.02 Å². The van der Waals surface area contributed by atoms with Crippen LogP contribution in [0, 0.1) is 5.92 Å². The van der Waals surface area contributed by atoms with Crippen LogP contribution >= 0.6 is 11.6 Å². The van der Waals surface area contributed by atoms with Crippen molar-refractivity contribution in [2.45, 2.75) is 24.5 Å². The van der Waals surface area contributed by atoms with Crippen LogP contribution in [0.3, 0.4) is 0 Å². The van der Waals surface area contributed by atoms with Crippen molar-refractivity contribution in [2.24, 2.45) is 5.92 Å². The van der Waals surface area contributed by atoms with Gasteiger partial charge >= 0.3 is 5.97 Å². The molecule has 2 rings (SSSR count). The van der Waals surface area contributed by atoms with E-state index in [4.69, 9.17) is 11.6 Å². The van der Waals surface area contributed by atoms with Crippen LogP contribution in [0.15, 0.2) is 18.3 Å². The molecule has 0 aromatic carbocycles. The van der Waals surface area contributed by atoms with Gasteiger partial charge in [0.2, 0.25) is 10.0 Å². The maximum absolute atomic E-state index is 12.4. The molecule has 1 aliphatic rings. The van der Waals surface area contributed by atoms with Gasteiger partial charge in [-0.2, -0.15) is 0 Å². The van der Waals surface area contributed by atoms with Crippen molar-refractivity contribution in [2.75, 3.05) is 11.8 Å². The number of nitrogens with one attached hydrogen (secondary N) is 1. The van der Waals surface area contributed by atoms with E-state index in [0.717, 1.165) is 0 Å². The number of hydrogen-bond acceptors (Lipinski definition) is 5. The van der Waals surface area contributed by atoms with E-state index in [2.05, 4.69) is 14.4 Å². The summed E-state index contributed by atoms with van der Waals surface area (Å²) in [5.41, 5.74) is 0. The fraction of sp³-hybridized carbons (Fsp3) is 0.500. The Balaban J connectivity index is 2.22. The van der Waals surface area contributed by atoms with E-state index in [0.29, 0.717) is 19.3 Å². The van der Waals surface area contributed by atoms with E-state index in [1.165, 1.54) is 13.3 Å². The Kier molecular flexibility index (Phi) is 4.49. The van der Waals surface area contributed by atoms with E-state index in [-0.39, 0.29) is 10.8 Å². The van der Waals surface area contributed by atoms with E-state index in [1.54, 1.807) is 12.1 Å². The predicted octanol–water partition coefficient (Wildman–Crippen LogP) is 1.82. The average Bonchev–Trinajstić information content (AvgIpc) is 2.90. The summed E-state index contributed by atoms with van der Waals surface area (Å²) in [7, 11) is -2.48. The lowest BCUT2D eigenvalue weighted by Crippen LogP contribution is -2.35. The number of aromatic nitrogens is 1. The first-order valence-electron chi connectivity index (χ1n) is 6.15. The number of hydrogen-bond donors (Lipinski definition) is 1. The third-order valence-electron chi connectivity index (χ3n) is 3.35. The standard InChI is InChI=1S/C12H15ClN2O4S/c1-19-12(16)8-4-2-6-10(8)20(17,18)15-11-9(13)5-3-7-14-11/h3,5,7-8,10H,2,4,6H2,1H3,(H,14,15). The summed E-state index contributed by atoms with van der Waals surface area (Å²) >= 11 is 5.88. The molecule has 0 amide bonds. The highest BCUT2D eigenvalue weighted by Gasteiger charge is 2.42. The van der Waals surface area contributed by atoms with Crippen molar-refractivity contribution in [1.82, 2.24) is 4.98 Å². The van der Waals surface area contributed by atoms with E-state index >= 15 is 0 Å². The minimum atomic E-state index is -3.74. The molecule has 1 fully saturated rings.